The van der Waals surface area contributed by atoms with E-state index in [0.29, 0.717) is 0 Å². The van der Waals surface area contributed by atoms with Gasteiger partial charge in [0.2, 0.25) is 5.91 Å². The highest BCUT2D eigenvalue weighted by atomic mass is 16.2. The molecule has 0 spiro atoms. The van der Waals surface area contributed by atoms with Gasteiger partial charge in [-0.15, -0.1) is 0 Å². The Hall–Kier alpha value is -1.35. The second-order valence-electron chi connectivity index (χ2n) is 6.62. The smallest absolute Gasteiger partial charge is 0.238 e. The van der Waals surface area contributed by atoms with Crippen LogP contribution >= 0.6 is 0 Å². The van der Waals surface area contributed by atoms with Gasteiger partial charge in [-0.1, -0.05) is 43.7 Å². The van der Waals surface area contributed by atoms with Crippen LogP contribution in [0.3, 0.4) is 0 Å². The van der Waals surface area contributed by atoms with Gasteiger partial charge in [-0.2, -0.15) is 0 Å². The molecule has 20 heavy (non-hydrogen) atoms. The zero-order valence-electron chi connectivity index (χ0n) is 13.0. The fourth-order valence-electron chi connectivity index (χ4n) is 2.89. The van der Waals surface area contributed by atoms with Gasteiger partial charge in [-0.05, 0) is 44.2 Å². The Morgan fingerprint density at radius 1 is 1.35 bits per heavy atom. The molecule has 1 aromatic carbocycles. The van der Waals surface area contributed by atoms with E-state index < -0.39 is 0 Å². The number of carbonyl (C=O) groups excluding carboxylic acids is 1. The van der Waals surface area contributed by atoms with E-state index in [9.17, 15) is 4.79 Å². The van der Waals surface area contributed by atoms with Gasteiger partial charge in [0.25, 0.3) is 0 Å². The predicted molar refractivity (Wildman–Crippen MR) is 82.5 cm³/mol. The summed E-state index contributed by atoms with van der Waals surface area (Å²) in [5.74, 6) is 0.114. The molecular weight excluding hydrogens is 248 g/mol. The molecule has 0 aliphatic carbocycles. The predicted octanol–water partition coefficient (Wildman–Crippen LogP) is 2.95. The Balaban J connectivity index is 2.01. The Morgan fingerprint density at radius 2 is 2.00 bits per heavy atom. The summed E-state index contributed by atoms with van der Waals surface area (Å²) in [7, 11) is 0. The maximum Gasteiger partial charge on any atom is 0.238 e. The van der Waals surface area contributed by atoms with Crippen molar-refractivity contribution in [3.63, 3.8) is 0 Å². The molecule has 1 aromatic rings. The number of carbonyl (C=O) groups is 1. The number of aryl methyl sites for hydroxylation is 1. The second kappa shape index (κ2) is 5.96. The van der Waals surface area contributed by atoms with Gasteiger partial charge < -0.3 is 10.6 Å². The molecule has 1 saturated heterocycles. The Morgan fingerprint density at radius 3 is 2.60 bits per heavy atom. The summed E-state index contributed by atoms with van der Waals surface area (Å²) in [5.41, 5.74) is 2.41. The van der Waals surface area contributed by atoms with Crippen molar-refractivity contribution < 1.29 is 4.79 Å². The van der Waals surface area contributed by atoms with Crippen LogP contribution in [0.4, 0.5) is 0 Å². The van der Waals surface area contributed by atoms with E-state index in [1.807, 2.05) is 6.92 Å². The molecule has 1 heterocycles. The summed E-state index contributed by atoms with van der Waals surface area (Å²) in [4.78, 5) is 12.5. The van der Waals surface area contributed by atoms with Crippen molar-refractivity contribution in [1.82, 2.24) is 10.6 Å². The number of hydrogen-bond donors (Lipinski definition) is 2. The summed E-state index contributed by atoms with van der Waals surface area (Å²) in [6.45, 7) is 9.38. The molecule has 1 amide bonds. The first-order chi connectivity index (χ1) is 9.40. The van der Waals surface area contributed by atoms with Crippen molar-refractivity contribution in [2.45, 2.75) is 52.6 Å². The third-order valence-corrected chi connectivity index (χ3v) is 4.33. The van der Waals surface area contributed by atoms with Crippen LogP contribution in [0.5, 0.6) is 0 Å². The summed E-state index contributed by atoms with van der Waals surface area (Å²) in [5, 5.41) is 6.50. The van der Waals surface area contributed by atoms with Crippen molar-refractivity contribution in [3.8, 4) is 0 Å². The average molecular weight is 274 g/mol. The van der Waals surface area contributed by atoms with Crippen molar-refractivity contribution in [2.24, 2.45) is 5.41 Å². The van der Waals surface area contributed by atoms with Crippen LogP contribution in [0.2, 0.25) is 0 Å². The van der Waals surface area contributed by atoms with Crippen molar-refractivity contribution >= 4 is 5.91 Å². The molecule has 0 aromatic heterocycles. The van der Waals surface area contributed by atoms with Crippen LogP contribution in [0, 0.1) is 12.3 Å². The van der Waals surface area contributed by atoms with Crippen LogP contribution in [0.15, 0.2) is 24.3 Å². The van der Waals surface area contributed by atoms with Crippen LogP contribution < -0.4 is 10.6 Å². The van der Waals surface area contributed by atoms with E-state index in [0.717, 1.165) is 24.9 Å². The van der Waals surface area contributed by atoms with Crippen molar-refractivity contribution in [1.29, 1.82) is 0 Å². The van der Waals surface area contributed by atoms with Crippen LogP contribution in [0.1, 0.15) is 50.8 Å². The van der Waals surface area contributed by atoms with Gasteiger partial charge in [0, 0.05) is 0 Å². The van der Waals surface area contributed by atoms with E-state index in [-0.39, 0.29) is 23.4 Å². The number of rotatable bonds is 3. The summed E-state index contributed by atoms with van der Waals surface area (Å²) in [6.07, 6.45) is 2.24. The van der Waals surface area contributed by atoms with Gasteiger partial charge in [-0.25, -0.2) is 0 Å². The normalized spacial score (nSPS) is 23.1. The van der Waals surface area contributed by atoms with Crippen LogP contribution in [-0.4, -0.2) is 18.5 Å². The van der Waals surface area contributed by atoms with Gasteiger partial charge in [0.05, 0.1) is 12.1 Å². The van der Waals surface area contributed by atoms with Gasteiger partial charge in [0.1, 0.15) is 0 Å². The molecule has 2 atom stereocenters. The maximum atomic E-state index is 12.5. The highest BCUT2D eigenvalue weighted by Gasteiger charge is 2.37. The highest BCUT2D eigenvalue weighted by Crippen LogP contribution is 2.30. The molecule has 1 unspecified atom stereocenters. The molecule has 2 rings (SSSR count). The van der Waals surface area contributed by atoms with E-state index in [1.165, 1.54) is 5.56 Å². The third kappa shape index (κ3) is 3.40. The molecular formula is C17H26N2O. The lowest BCUT2D eigenvalue weighted by Gasteiger charge is -2.38. The maximum absolute atomic E-state index is 12.5. The summed E-state index contributed by atoms with van der Waals surface area (Å²) < 4.78 is 0. The molecule has 110 valence electrons. The van der Waals surface area contributed by atoms with Gasteiger partial charge in [-0.3, -0.25) is 4.79 Å². The minimum atomic E-state index is -0.0934. The first kappa shape index (κ1) is 15.0. The Kier molecular flexibility index (Phi) is 4.48. The number of benzene rings is 1. The minimum absolute atomic E-state index is 0.0231. The summed E-state index contributed by atoms with van der Waals surface area (Å²) in [6, 6.07) is 8.29. The zero-order chi connectivity index (χ0) is 14.8. The fourth-order valence-corrected chi connectivity index (χ4v) is 2.89. The van der Waals surface area contributed by atoms with Gasteiger partial charge >= 0.3 is 0 Å². The highest BCUT2D eigenvalue weighted by molar-refractivity contribution is 5.83. The lowest BCUT2D eigenvalue weighted by molar-refractivity contribution is -0.127. The second-order valence-corrected chi connectivity index (χ2v) is 6.62. The standard InChI is InChI=1S/C17H26N2O/c1-12-6-8-14(9-7-12)13(2)19-16(20)15-17(3,4)10-5-11-18-15/h6-9,13,15,18H,5,10-11H2,1-4H3,(H,19,20)/t13-,15?/m0/s1. The monoisotopic (exact) mass is 274 g/mol. The number of piperidine rings is 1. The van der Waals surface area contributed by atoms with Crippen LogP contribution in [-0.2, 0) is 4.79 Å². The van der Waals surface area contributed by atoms with Crippen LogP contribution in [0.25, 0.3) is 0 Å². The summed E-state index contributed by atoms with van der Waals surface area (Å²) >= 11 is 0. The fraction of sp³-hybridized carbons (Fsp3) is 0.588. The molecule has 3 heteroatoms. The van der Waals surface area contributed by atoms with Gasteiger partial charge in [0.15, 0.2) is 0 Å². The number of nitrogens with one attached hydrogen (secondary N) is 2. The Bertz CT molecular complexity index is 464. The molecule has 1 aliphatic rings. The van der Waals surface area contributed by atoms with E-state index in [1.54, 1.807) is 0 Å². The van der Waals surface area contributed by atoms with E-state index >= 15 is 0 Å². The van der Waals surface area contributed by atoms with Crippen molar-refractivity contribution in [3.05, 3.63) is 35.4 Å². The van der Waals surface area contributed by atoms with E-state index in [2.05, 4.69) is 55.7 Å². The SMILES string of the molecule is Cc1ccc([C@H](C)NC(=O)C2NCCCC2(C)C)cc1. The molecule has 0 saturated carbocycles. The molecule has 0 radical (unpaired) electrons. The molecule has 2 N–H and O–H groups in total. The third-order valence-electron chi connectivity index (χ3n) is 4.33. The molecule has 1 aliphatic heterocycles. The molecule has 1 fully saturated rings. The molecule has 0 bridgehead atoms. The lowest BCUT2D eigenvalue weighted by Crippen LogP contribution is -2.55. The number of hydrogen-bond acceptors (Lipinski definition) is 2. The largest absolute Gasteiger partial charge is 0.348 e. The Labute approximate surface area is 122 Å². The first-order valence-electron chi connectivity index (χ1n) is 7.50. The molecule has 3 nitrogen and oxygen atoms in total. The first-order valence-corrected chi connectivity index (χ1v) is 7.50. The quantitative estimate of drug-likeness (QED) is 0.889. The van der Waals surface area contributed by atoms with Crippen molar-refractivity contribution in [2.75, 3.05) is 6.54 Å². The minimum Gasteiger partial charge on any atom is -0.348 e. The zero-order valence-corrected chi connectivity index (χ0v) is 13.0. The number of amides is 1. The van der Waals surface area contributed by atoms with E-state index in [4.69, 9.17) is 0 Å². The average Bonchev–Trinajstić information content (AvgIpc) is 2.38. The topological polar surface area (TPSA) is 41.1 Å². The lowest BCUT2D eigenvalue weighted by atomic mass is 9.77.